The Balaban J connectivity index is 2.63. The molecule has 0 amide bonds. The first-order valence-corrected chi connectivity index (χ1v) is 6.42. The van der Waals surface area contributed by atoms with Gasteiger partial charge in [0.15, 0.2) is 0 Å². The highest BCUT2D eigenvalue weighted by Gasteiger charge is 2.18. The second-order valence-electron chi connectivity index (χ2n) is 5.89. The van der Waals surface area contributed by atoms with Gasteiger partial charge in [-0.1, -0.05) is 39.8 Å². The standard InChI is InChI=1S/C15H25NO/c1-5-16-13(11-15(2,3)4)10-12-6-8-14(17)9-7-12/h6-9,13,16-17H,5,10-11H2,1-4H3. The molecule has 2 heteroatoms. The first-order valence-electron chi connectivity index (χ1n) is 6.42. The molecule has 0 aromatic heterocycles. The molecule has 2 nitrogen and oxygen atoms in total. The number of likely N-dealkylation sites (N-methyl/N-ethyl adjacent to an activating group) is 1. The minimum atomic E-state index is 0.337. The maximum Gasteiger partial charge on any atom is 0.115 e. The minimum Gasteiger partial charge on any atom is -0.508 e. The summed E-state index contributed by atoms with van der Waals surface area (Å²) >= 11 is 0. The highest BCUT2D eigenvalue weighted by atomic mass is 16.3. The number of phenolic OH excluding ortho intramolecular Hbond substituents is 1. The van der Waals surface area contributed by atoms with Crippen LogP contribution in [0.2, 0.25) is 0 Å². The van der Waals surface area contributed by atoms with Gasteiger partial charge < -0.3 is 10.4 Å². The molecule has 0 saturated heterocycles. The zero-order valence-electron chi connectivity index (χ0n) is 11.5. The molecule has 1 unspecified atom stereocenters. The maximum absolute atomic E-state index is 9.26. The van der Waals surface area contributed by atoms with Crippen molar-refractivity contribution in [3.05, 3.63) is 29.8 Å². The summed E-state index contributed by atoms with van der Waals surface area (Å²) in [5.74, 6) is 0.338. The topological polar surface area (TPSA) is 32.3 Å². The smallest absolute Gasteiger partial charge is 0.115 e. The summed E-state index contributed by atoms with van der Waals surface area (Å²) in [7, 11) is 0. The fourth-order valence-corrected chi connectivity index (χ4v) is 2.16. The number of phenols is 1. The molecule has 0 aliphatic heterocycles. The maximum atomic E-state index is 9.26. The lowest BCUT2D eigenvalue weighted by Gasteiger charge is -2.26. The zero-order valence-corrected chi connectivity index (χ0v) is 11.5. The molecule has 96 valence electrons. The van der Waals surface area contributed by atoms with Crippen molar-refractivity contribution in [3.63, 3.8) is 0 Å². The van der Waals surface area contributed by atoms with Crippen LogP contribution in [0.1, 0.15) is 39.7 Å². The molecule has 1 atom stereocenters. The molecule has 2 N–H and O–H groups in total. The van der Waals surface area contributed by atoms with Crippen molar-refractivity contribution in [2.45, 2.75) is 46.6 Å². The fraction of sp³-hybridized carbons (Fsp3) is 0.600. The fourth-order valence-electron chi connectivity index (χ4n) is 2.16. The van der Waals surface area contributed by atoms with E-state index in [1.54, 1.807) is 12.1 Å². The van der Waals surface area contributed by atoms with Crippen molar-refractivity contribution in [2.24, 2.45) is 5.41 Å². The van der Waals surface area contributed by atoms with Crippen LogP contribution in [0.25, 0.3) is 0 Å². The molecule has 0 fully saturated rings. The van der Waals surface area contributed by atoms with E-state index in [4.69, 9.17) is 0 Å². The third kappa shape index (κ3) is 5.73. The lowest BCUT2D eigenvalue weighted by molar-refractivity contribution is 0.309. The van der Waals surface area contributed by atoms with E-state index in [1.165, 1.54) is 5.56 Å². The van der Waals surface area contributed by atoms with Gasteiger partial charge in [0, 0.05) is 6.04 Å². The lowest BCUT2D eigenvalue weighted by atomic mass is 9.86. The summed E-state index contributed by atoms with van der Waals surface area (Å²) in [6.07, 6.45) is 2.17. The Morgan fingerprint density at radius 3 is 2.24 bits per heavy atom. The number of hydrogen-bond acceptors (Lipinski definition) is 2. The van der Waals surface area contributed by atoms with Crippen molar-refractivity contribution < 1.29 is 5.11 Å². The largest absolute Gasteiger partial charge is 0.508 e. The normalized spacial score (nSPS) is 13.6. The van der Waals surface area contributed by atoms with Gasteiger partial charge in [-0.15, -0.1) is 0 Å². The van der Waals surface area contributed by atoms with Gasteiger partial charge in [-0.05, 0) is 42.5 Å². The Bertz CT molecular complexity index is 324. The summed E-state index contributed by atoms with van der Waals surface area (Å²) < 4.78 is 0. The zero-order chi connectivity index (χ0) is 12.9. The second kappa shape index (κ2) is 6.06. The van der Waals surface area contributed by atoms with E-state index in [1.807, 2.05) is 12.1 Å². The van der Waals surface area contributed by atoms with Gasteiger partial charge in [-0.25, -0.2) is 0 Å². The van der Waals surface area contributed by atoms with Crippen LogP contribution < -0.4 is 5.32 Å². The van der Waals surface area contributed by atoms with Crippen LogP contribution >= 0.6 is 0 Å². The minimum absolute atomic E-state index is 0.337. The van der Waals surface area contributed by atoms with E-state index in [2.05, 4.69) is 33.0 Å². The van der Waals surface area contributed by atoms with Crippen LogP contribution in [0.5, 0.6) is 5.75 Å². The third-order valence-corrected chi connectivity index (χ3v) is 2.77. The van der Waals surface area contributed by atoms with Gasteiger partial charge in [0.05, 0.1) is 0 Å². The predicted octanol–water partition coefficient (Wildman–Crippen LogP) is 3.35. The number of hydrogen-bond donors (Lipinski definition) is 2. The molecule has 17 heavy (non-hydrogen) atoms. The van der Waals surface area contributed by atoms with E-state index < -0.39 is 0 Å². The number of aromatic hydroxyl groups is 1. The van der Waals surface area contributed by atoms with E-state index in [0.29, 0.717) is 17.2 Å². The average Bonchev–Trinajstić information content (AvgIpc) is 2.19. The van der Waals surface area contributed by atoms with Crippen molar-refractivity contribution in [3.8, 4) is 5.75 Å². The quantitative estimate of drug-likeness (QED) is 0.820. The molecule has 0 heterocycles. The van der Waals surface area contributed by atoms with Crippen molar-refractivity contribution in [1.29, 1.82) is 0 Å². The monoisotopic (exact) mass is 235 g/mol. The van der Waals surface area contributed by atoms with Crippen LogP contribution in [-0.4, -0.2) is 17.7 Å². The van der Waals surface area contributed by atoms with Gasteiger partial charge in [0.2, 0.25) is 0 Å². The van der Waals surface area contributed by atoms with Crippen LogP contribution in [0.3, 0.4) is 0 Å². The molecule has 0 spiro atoms. The SMILES string of the molecule is CCNC(Cc1ccc(O)cc1)CC(C)(C)C. The van der Waals surface area contributed by atoms with Crippen molar-refractivity contribution >= 4 is 0 Å². The predicted molar refractivity (Wildman–Crippen MR) is 73.3 cm³/mol. The van der Waals surface area contributed by atoms with Crippen molar-refractivity contribution in [1.82, 2.24) is 5.32 Å². The highest BCUT2D eigenvalue weighted by Crippen LogP contribution is 2.23. The van der Waals surface area contributed by atoms with Crippen LogP contribution in [0, 0.1) is 5.41 Å². The molecule has 0 aliphatic rings. The summed E-state index contributed by atoms with van der Waals surface area (Å²) in [6.45, 7) is 9.96. The molecule has 1 rings (SSSR count). The Labute approximate surface area is 105 Å². The molecule has 0 radical (unpaired) electrons. The van der Waals surface area contributed by atoms with Crippen LogP contribution in [-0.2, 0) is 6.42 Å². The molecule has 1 aromatic rings. The molecule has 0 saturated carbocycles. The molecular formula is C15H25NO. The molecular weight excluding hydrogens is 210 g/mol. The summed E-state index contributed by atoms with van der Waals surface area (Å²) in [5, 5.41) is 12.8. The highest BCUT2D eigenvalue weighted by molar-refractivity contribution is 5.26. The Morgan fingerprint density at radius 1 is 1.18 bits per heavy atom. The average molecular weight is 235 g/mol. The first kappa shape index (κ1) is 14.0. The van der Waals surface area contributed by atoms with Gasteiger partial charge in [0.25, 0.3) is 0 Å². The van der Waals surface area contributed by atoms with E-state index in [9.17, 15) is 5.11 Å². The van der Waals surface area contributed by atoms with Crippen LogP contribution in [0.15, 0.2) is 24.3 Å². The van der Waals surface area contributed by atoms with E-state index >= 15 is 0 Å². The number of rotatable bonds is 5. The van der Waals surface area contributed by atoms with E-state index in [-0.39, 0.29) is 0 Å². The summed E-state index contributed by atoms with van der Waals surface area (Å²) in [5.41, 5.74) is 1.61. The van der Waals surface area contributed by atoms with Gasteiger partial charge in [-0.2, -0.15) is 0 Å². The Kier molecular flexibility index (Phi) is 5.01. The van der Waals surface area contributed by atoms with E-state index in [0.717, 1.165) is 19.4 Å². The number of benzene rings is 1. The van der Waals surface area contributed by atoms with Crippen LogP contribution in [0.4, 0.5) is 0 Å². The molecule has 0 aliphatic carbocycles. The molecule has 0 bridgehead atoms. The second-order valence-corrected chi connectivity index (χ2v) is 5.89. The van der Waals surface area contributed by atoms with Crippen molar-refractivity contribution in [2.75, 3.05) is 6.54 Å². The molecule has 1 aromatic carbocycles. The Morgan fingerprint density at radius 2 is 1.76 bits per heavy atom. The van der Waals surface area contributed by atoms with Gasteiger partial charge in [-0.3, -0.25) is 0 Å². The Hall–Kier alpha value is -1.02. The van der Waals surface area contributed by atoms with Gasteiger partial charge in [0.1, 0.15) is 5.75 Å². The number of nitrogens with one attached hydrogen (secondary N) is 1. The lowest BCUT2D eigenvalue weighted by Crippen LogP contribution is -2.34. The third-order valence-electron chi connectivity index (χ3n) is 2.77. The summed E-state index contributed by atoms with van der Waals surface area (Å²) in [6, 6.07) is 8.03. The summed E-state index contributed by atoms with van der Waals surface area (Å²) in [4.78, 5) is 0. The van der Waals surface area contributed by atoms with Gasteiger partial charge >= 0.3 is 0 Å². The first-order chi connectivity index (χ1) is 7.90.